The fourth-order valence-electron chi connectivity index (χ4n) is 2.43. The number of likely N-dealkylation sites (N-methyl/N-ethyl adjacent to an activating group) is 1. The van der Waals surface area contributed by atoms with E-state index in [0.717, 1.165) is 6.42 Å². The van der Waals surface area contributed by atoms with Crippen LogP contribution in [-0.4, -0.2) is 41.5 Å². The molecule has 0 aliphatic carbocycles. The molecule has 2 N–H and O–H groups in total. The van der Waals surface area contributed by atoms with Gasteiger partial charge in [0.1, 0.15) is 11.8 Å². The number of benzene rings is 1. The molecule has 2 rings (SSSR count). The lowest BCUT2D eigenvalue weighted by molar-refractivity contribution is -0.137. The monoisotopic (exact) mass is 262 g/mol. The Bertz CT molecular complexity index is 487. The van der Waals surface area contributed by atoms with E-state index in [4.69, 9.17) is 0 Å². The molecule has 1 aromatic carbocycles. The van der Waals surface area contributed by atoms with Gasteiger partial charge in [0.05, 0.1) is 6.42 Å². The zero-order valence-corrected chi connectivity index (χ0v) is 10.9. The summed E-state index contributed by atoms with van der Waals surface area (Å²) < 4.78 is 0. The third-order valence-electron chi connectivity index (χ3n) is 3.46. The van der Waals surface area contributed by atoms with Crippen molar-refractivity contribution in [1.29, 1.82) is 0 Å². The van der Waals surface area contributed by atoms with Gasteiger partial charge >= 0.3 is 0 Å². The molecule has 1 fully saturated rings. The van der Waals surface area contributed by atoms with Crippen molar-refractivity contribution >= 4 is 11.8 Å². The Labute approximate surface area is 112 Å². The summed E-state index contributed by atoms with van der Waals surface area (Å²) in [6, 6.07) is 6.40. The normalized spacial score (nSPS) is 18.4. The van der Waals surface area contributed by atoms with Crippen molar-refractivity contribution in [3.8, 4) is 5.75 Å². The first kappa shape index (κ1) is 13.4. The Morgan fingerprint density at radius 1 is 1.42 bits per heavy atom. The summed E-state index contributed by atoms with van der Waals surface area (Å²) in [5.41, 5.74) is 0.593. The maximum absolute atomic E-state index is 12.2. The molecule has 1 aromatic rings. The molecule has 0 bridgehead atoms. The van der Waals surface area contributed by atoms with Crippen molar-refractivity contribution in [2.24, 2.45) is 0 Å². The standard InChI is InChI=1S/C14H18N2O3/c1-15-14(19)11-6-4-8-16(11)13(18)9-10-5-2-3-7-12(10)17/h2-3,5,7,11,17H,4,6,8-9H2,1H3,(H,15,19). The van der Waals surface area contributed by atoms with Crippen LogP contribution in [0.2, 0.25) is 0 Å². The topological polar surface area (TPSA) is 69.6 Å². The summed E-state index contributed by atoms with van der Waals surface area (Å²) in [5, 5.41) is 12.3. The lowest BCUT2D eigenvalue weighted by Crippen LogP contribution is -2.45. The predicted molar refractivity (Wildman–Crippen MR) is 70.6 cm³/mol. The Morgan fingerprint density at radius 3 is 2.84 bits per heavy atom. The van der Waals surface area contributed by atoms with Crippen LogP contribution in [0, 0.1) is 0 Å². The number of carbonyl (C=O) groups is 2. The number of hydrogen-bond acceptors (Lipinski definition) is 3. The Balaban J connectivity index is 2.07. The number of phenols is 1. The van der Waals surface area contributed by atoms with Gasteiger partial charge in [-0.15, -0.1) is 0 Å². The Hall–Kier alpha value is -2.04. The fourth-order valence-corrected chi connectivity index (χ4v) is 2.43. The van der Waals surface area contributed by atoms with Crippen LogP contribution < -0.4 is 5.32 Å². The molecule has 1 unspecified atom stereocenters. The number of rotatable bonds is 3. The van der Waals surface area contributed by atoms with E-state index in [1.165, 1.54) is 0 Å². The first-order valence-electron chi connectivity index (χ1n) is 6.41. The molecule has 0 radical (unpaired) electrons. The Morgan fingerprint density at radius 2 is 2.16 bits per heavy atom. The van der Waals surface area contributed by atoms with Crippen LogP contribution in [0.4, 0.5) is 0 Å². The van der Waals surface area contributed by atoms with Gasteiger partial charge in [0, 0.05) is 19.2 Å². The number of para-hydroxylation sites is 1. The molecule has 1 aliphatic heterocycles. The average Bonchev–Trinajstić information content (AvgIpc) is 2.90. The second-order valence-electron chi connectivity index (χ2n) is 4.66. The quantitative estimate of drug-likeness (QED) is 0.841. The van der Waals surface area contributed by atoms with Gasteiger partial charge < -0.3 is 15.3 Å². The van der Waals surface area contributed by atoms with Crippen molar-refractivity contribution in [3.63, 3.8) is 0 Å². The fraction of sp³-hybridized carbons (Fsp3) is 0.429. The van der Waals surface area contributed by atoms with Crippen molar-refractivity contribution in [3.05, 3.63) is 29.8 Å². The first-order chi connectivity index (χ1) is 9.13. The molecule has 1 atom stereocenters. The maximum atomic E-state index is 12.2. The van der Waals surface area contributed by atoms with E-state index in [1.54, 1.807) is 36.2 Å². The molecular formula is C14H18N2O3. The summed E-state index contributed by atoms with van der Waals surface area (Å²) in [6.07, 6.45) is 1.66. The van der Waals surface area contributed by atoms with Crippen LogP contribution in [0.1, 0.15) is 18.4 Å². The lowest BCUT2D eigenvalue weighted by atomic mass is 10.1. The number of nitrogens with one attached hydrogen (secondary N) is 1. The molecule has 1 saturated heterocycles. The van der Waals surface area contributed by atoms with E-state index in [0.29, 0.717) is 18.5 Å². The van der Waals surface area contributed by atoms with Crippen molar-refractivity contribution in [2.45, 2.75) is 25.3 Å². The van der Waals surface area contributed by atoms with Crippen LogP contribution in [0.15, 0.2) is 24.3 Å². The molecule has 1 aliphatic rings. The van der Waals surface area contributed by atoms with Gasteiger partial charge in [0.25, 0.3) is 0 Å². The van der Waals surface area contributed by atoms with Crippen molar-refractivity contribution < 1.29 is 14.7 Å². The van der Waals surface area contributed by atoms with Crippen molar-refractivity contribution in [1.82, 2.24) is 10.2 Å². The number of phenolic OH excluding ortho intramolecular Hbond substituents is 1. The molecular weight excluding hydrogens is 244 g/mol. The minimum Gasteiger partial charge on any atom is -0.508 e. The van der Waals surface area contributed by atoms with Crippen LogP contribution in [0.5, 0.6) is 5.75 Å². The number of carbonyl (C=O) groups excluding carboxylic acids is 2. The van der Waals surface area contributed by atoms with E-state index in [2.05, 4.69) is 5.32 Å². The molecule has 0 saturated carbocycles. The SMILES string of the molecule is CNC(=O)C1CCCN1C(=O)Cc1ccccc1O. The van der Waals surface area contributed by atoms with Gasteiger partial charge in [-0.2, -0.15) is 0 Å². The highest BCUT2D eigenvalue weighted by Gasteiger charge is 2.33. The van der Waals surface area contributed by atoms with Gasteiger partial charge in [-0.25, -0.2) is 0 Å². The second-order valence-corrected chi connectivity index (χ2v) is 4.66. The number of likely N-dealkylation sites (tertiary alicyclic amines) is 1. The summed E-state index contributed by atoms with van der Waals surface area (Å²) in [5.74, 6) is -0.123. The summed E-state index contributed by atoms with van der Waals surface area (Å²) in [7, 11) is 1.58. The number of hydrogen-bond donors (Lipinski definition) is 2. The zero-order valence-electron chi connectivity index (χ0n) is 10.9. The van der Waals surface area contributed by atoms with Crippen molar-refractivity contribution in [2.75, 3.05) is 13.6 Å². The van der Waals surface area contributed by atoms with E-state index < -0.39 is 0 Å². The molecule has 2 amide bonds. The Kier molecular flexibility index (Phi) is 4.04. The first-order valence-corrected chi connectivity index (χ1v) is 6.41. The predicted octanol–water partition coefficient (Wildman–Crippen LogP) is 0.672. The minimum absolute atomic E-state index is 0.117. The number of amides is 2. The average molecular weight is 262 g/mol. The highest BCUT2D eigenvalue weighted by atomic mass is 16.3. The van der Waals surface area contributed by atoms with Crippen LogP contribution in [0.25, 0.3) is 0 Å². The molecule has 0 spiro atoms. The van der Waals surface area contributed by atoms with E-state index in [9.17, 15) is 14.7 Å². The summed E-state index contributed by atoms with van der Waals surface area (Å²) in [4.78, 5) is 25.5. The van der Waals surface area contributed by atoms with Gasteiger partial charge in [-0.05, 0) is 18.9 Å². The highest BCUT2D eigenvalue weighted by Crippen LogP contribution is 2.21. The van der Waals surface area contributed by atoms with Crippen LogP contribution in [0.3, 0.4) is 0 Å². The van der Waals surface area contributed by atoms with Gasteiger partial charge in [0.15, 0.2) is 0 Å². The zero-order chi connectivity index (χ0) is 13.8. The molecule has 5 nitrogen and oxygen atoms in total. The van der Waals surface area contributed by atoms with E-state index in [-0.39, 0.29) is 30.0 Å². The molecule has 0 aromatic heterocycles. The number of nitrogens with zero attached hydrogens (tertiary/aromatic N) is 1. The minimum atomic E-state index is -0.372. The van der Waals surface area contributed by atoms with E-state index in [1.807, 2.05) is 0 Å². The van der Waals surface area contributed by atoms with Gasteiger partial charge in [0.2, 0.25) is 11.8 Å². The van der Waals surface area contributed by atoms with Gasteiger partial charge in [-0.3, -0.25) is 9.59 Å². The molecule has 5 heteroatoms. The van der Waals surface area contributed by atoms with Crippen LogP contribution in [-0.2, 0) is 16.0 Å². The molecule has 1 heterocycles. The van der Waals surface area contributed by atoms with Gasteiger partial charge in [-0.1, -0.05) is 18.2 Å². The second kappa shape index (κ2) is 5.73. The number of aromatic hydroxyl groups is 1. The smallest absolute Gasteiger partial charge is 0.242 e. The maximum Gasteiger partial charge on any atom is 0.242 e. The largest absolute Gasteiger partial charge is 0.508 e. The highest BCUT2D eigenvalue weighted by molar-refractivity contribution is 5.89. The third kappa shape index (κ3) is 2.86. The summed E-state index contributed by atoms with van der Waals surface area (Å²) in [6.45, 7) is 0.602. The third-order valence-corrected chi connectivity index (χ3v) is 3.46. The van der Waals surface area contributed by atoms with Crippen LogP contribution >= 0.6 is 0 Å². The molecule has 102 valence electrons. The molecule has 19 heavy (non-hydrogen) atoms. The lowest BCUT2D eigenvalue weighted by Gasteiger charge is -2.23. The van der Waals surface area contributed by atoms with E-state index >= 15 is 0 Å². The summed E-state index contributed by atoms with van der Waals surface area (Å²) >= 11 is 0.